The smallest absolute Gasteiger partial charge is 0.336 e. The van der Waals surface area contributed by atoms with Crippen molar-refractivity contribution < 1.29 is 9.53 Å². The quantitative estimate of drug-likeness (QED) is 0.350. The number of aromatic nitrogens is 3. The molecule has 4 rings (SSSR count). The minimum absolute atomic E-state index is 0.138. The van der Waals surface area contributed by atoms with E-state index in [-0.39, 0.29) is 5.91 Å². The Kier molecular flexibility index (Phi) is 7.07. The highest BCUT2D eigenvalue weighted by molar-refractivity contribution is 6.04. The summed E-state index contributed by atoms with van der Waals surface area (Å²) >= 11 is 0. The van der Waals surface area contributed by atoms with Gasteiger partial charge in [-0.1, -0.05) is 62.7 Å². The van der Waals surface area contributed by atoms with Crippen LogP contribution in [0.1, 0.15) is 42.3 Å². The van der Waals surface area contributed by atoms with Gasteiger partial charge in [0, 0.05) is 16.8 Å². The second-order valence-corrected chi connectivity index (χ2v) is 8.75. The third-order valence-corrected chi connectivity index (χ3v) is 5.44. The highest BCUT2D eigenvalue weighted by Gasteiger charge is 2.15. The maximum absolute atomic E-state index is 12.6. The van der Waals surface area contributed by atoms with Gasteiger partial charge in [0.1, 0.15) is 0 Å². The number of hydrogen-bond acceptors (Lipinski definition) is 4. The SMILES string of the molecule is CCc1ccc(C(=O)Nc2ccc(-n3nc(OCC(C)C)nc3-c3ccc(C)cc3)cc2)cc1. The molecule has 0 unspecified atom stereocenters. The van der Waals surface area contributed by atoms with Gasteiger partial charge in [-0.15, -0.1) is 5.10 Å². The lowest BCUT2D eigenvalue weighted by Crippen LogP contribution is -2.12. The third-order valence-electron chi connectivity index (χ3n) is 5.44. The average Bonchev–Trinajstić information content (AvgIpc) is 3.28. The number of anilines is 1. The van der Waals surface area contributed by atoms with E-state index in [0.717, 1.165) is 17.7 Å². The van der Waals surface area contributed by atoms with Crippen LogP contribution in [0.2, 0.25) is 0 Å². The van der Waals surface area contributed by atoms with Crippen LogP contribution in [0.5, 0.6) is 6.01 Å². The van der Waals surface area contributed by atoms with Crippen molar-refractivity contribution in [3.8, 4) is 23.1 Å². The van der Waals surface area contributed by atoms with Crippen LogP contribution < -0.4 is 10.1 Å². The standard InChI is InChI=1S/C28H30N4O2/c1-5-21-8-12-23(13-9-21)27(33)29-24-14-16-25(17-15-24)32-26(22-10-6-20(4)7-11-22)30-28(31-32)34-18-19(2)3/h6-17,19H,5,18H2,1-4H3,(H,29,33). The van der Waals surface area contributed by atoms with E-state index >= 15 is 0 Å². The Hall–Kier alpha value is -3.93. The number of nitrogens with zero attached hydrogens (tertiary/aromatic N) is 3. The maximum atomic E-state index is 12.6. The molecule has 0 spiro atoms. The number of carbonyl (C=O) groups is 1. The molecule has 3 aromatic carbocycles. The molecule has 0 saturated heterocycles. The first-order chi connectivity index (χ1) is 16.4. The molecule has 174 valence electrons. The summed E-state index contributed by atoms with van der Waals surface area (Å²) in [5, 5.41) is 7.56. The largest absolute Gasteiger partial charge is 0.462 e. The lowest BCUT2D eigenvalue weighted by molar-refractivity contribution is 0.102. The molecule has 1 aromatic heterocycles. The van der Waals surface area contributed by atoms with Crippen LogP contribution in [-0.2, 0) is 6.42 Å². The molecule has 0 aliphatic heterocycles. The van der Waals surface area contributed by atoms with Crippen molar-refractivity contribution in [3.05, 3.63) is 89.5 Å². The van der Waals surface area contributed by atoms with E-state index in [9.17, 15) is 4.79 Å². The average molecular weight is 455 g/mol. The molecule has 1 N–H and O–H groups in total. The highest BCUT2D eigenvalue weighted by Crippen LogP contribution is 2.25. The molecule has 0 bridgehead atoms. The molecule has 0 atom stereocenters. The molecule has 1 amide bonds. The topological polar surface area (TPSA) is 69.0 Å². The van der Waals surface area contributed by atoms with E-state index in [0.29, 0.717) is 35.6 Å². The number of hydrogen-bond donors (Lipinski definition) is 1. The molecule has 0 radical (unpaired) electrons. The Morgan fingerprint density at radius 2 is 1.65 bits per heavy atom. The number of carbonyl (C=O) groups excluding carboxylic acids is 1. The second kappa shape index (κ2) is 10.3. The number of amides is 1. The molecule has 1 heterocycles. The Bertz CT molecular complexity index is 1240. The number of rotatable bonds is 8. The summed E-state index contributed by atoms with van der Waals surface area (Å²) in [5.74, 6) is 0.934. The Morgan fingerprint density at radius 1 is 0.971 bits per heavy atom. The van der Waals surface area contributed by atoms with E-state index in [1.54, 1.807) is 4.68 Å². The summed E-state index contributed by atoms with van der Waals surface area (Å²) < 4.78 is 7.57. The van der Waals surface area contributed by atoms with Crippen molar-refractivity contribution in [3.63, 3.8) is 0 Å². The van der Waals surface area contributed by atoms with Crippen LogP contribution in [0.3, 0.4) is 0 Å². The van der Waals surface area contributed by atoms with Gasteiger partial charge in [-0.25, -0.2) is 4.68 Å². The summed E-state index contributed by atoms with van der Waals surface area (Å²) in [5.41, 5.74) is 5.50. The van der Waals surface area contributed by atoms with Crippen molar-refractivity contribution in [2.45, 2.75) is 34.1 Å². The van der Waals surface area contributed by atoms with Gasteiger partial charge in [-0.3, -0.25) is 4.79 Å². The number of benzene rings is 3. The normalized spacial score (nSPS) is 11.0. The molecular weight excluding hydrogens is 424 g/mol. The zero-order valence-electron chi connectivity index (χ0n) is 20.1. The van der Waals surface area contributed by atoms with Gasteiger partial charge in [0.25, 0.3) is 5.91 Å². The summed E-state index contributed by atoms with van der Waals surface area (Å²) in [6.07, 6.45) is 0.945. The van der Waals surface area contributed by atoms with Gasteiger partial charge < -0.3 is 10.1 Å². The summed E-state index contributed by atoms with van der Waals surface area (Å²) in [4.78, 5) is 17.3. The number of nitrogens with one attached hydrogen (secondary N) is 1. The van der Waals surface area contributed by atoms with E-state index < -0.39 is 0 Å². The second-order valence-electron chi connectivity index (χ2n) is 8.75. The number of ether oxygens (including phenoxy) is 1. The minimum atomic E-state index is -0.138. The fourth-order valence-electron chi connectivity index (χ4n) is 3.45. The first-order valence-corrected chi connectivity index (χ1v) is 11.6. The third kappa shape index (κ3) is 5.52. The molecule has 0 aliphatic carbocycles. The van der Waals surface area contributed by atoms with Crippen molar-refractivity contribution in [1.82, 2.24) is 14.8 Å². The van der Waals surface area contributed by atoms with Gasteiger partial charge in [0.2, 0.25) is 0 Å². The summed E-state index contributed by atoms with van der Waals surface area (Å²) in [7, 11) is 0. The van der Waals surface area contributed by atoms with Gasteiger partial charge in [-0.2, -0.15) is 4.98 Å². The molecule has 4 aromatic rings. The summed E-state index contributed by atoms with van der Waals surface area (Å²) in [6.45, 7) is 8.86. The predicted molar refractivity (Wildman–Crippen MR) is 136 cm³/mol. The Balaban J connectivity index is 1.58. The lowest BCUT2D eigenvalue weighted by atomic mass is 10.1. The van der Waals surface area contributed by atoms with E-state index in [4.69, 9.17) is 4.74 Å². The van der Waals surface area contributed by atoms with Crippen LogP contribution in [0.25, 0.3) is 17.1 Å². The molecule has 0 aliphatic rings. The monoisotopic (exact) mass is 454 g/mol. The van der Waals surface area contributed by atoms with Crippen molar-refractivity contribution in [2.24, 2.45) is 5.92 Å². The number of aryl methyl sites for hydroxylation is 2. The zero-order chi connectivity index (χ0) is 24.1. The first-order valence-electron chi connectivity index (χ1n) is 11.6. The minimum Gasteiger partial charge on any atom is -0.462 e. The molecule has 34 heavy (non-hydrogen) atoms. The van der Waals surface area contributed by atoms with Crippen LogP contribution in [0.15, 0.2) is 72.8 Å². The first kappa shape index (κ1) is 23.2. The van der Waals surface area contributed by atoms with Gasteiger partial charge in [-0.05, 0) is 61.2 Å². The highest BCUT2D eigenvalue weighted by atomic mass is 16.5. The molecule has 0 saturated carbocycles. The van der Waals surface area contributed by atoms with E-state index in [1.165, 1.54) is 11.1 Å². The molecule has 6 nitrogen and oxygen atoms in total. The van der Waals surface area contributed by atoms with Crippen molar-refractivity contribution in [1.29, 1.82) is 0 Å². The molecule has 0 fully saturated rings. The lowest BCUT2D eigenvalue weighted by Gasteiger charge is -2.09. The fourth-order valence-corrected chi connectivity index (χ4v) is 3.45. The zero-order valence-corrected chi connectivity index (χ0v) is 20.1. The summed E-state index contributed by atoms with van der Waals surface area (Å²) in [6, 6.07) is 23.7. The molecule has 6 heteroatoms. The van der Waals surface area contributed by atoms with Gasteiger partial charge in [0.15, 0.2) is 5.82 Å². The van der Waals surface area contributed by atoms with Crippen LogP contribution >= 0.6 is 0 Å². The van der Waals surface area contributed by atoms with Crippen LogP contribution in [0.4, 0.5) is 5.69 Å². The van der Waals surface area contributed by atoms with Crippen LogP contribution in [0, 0.1) is 12.8 Å². The fraction of sp³-hybridized carbons (Fsp3) is 0.250. The van der Waals surface area contributed by atoms with Crippen molar-refractivity contribution >= 4 is 11.6 Å². The van der Waals surface area contributed by atoms with E-state index in [1.807, 2.05) is 60.7 Å². The predicted octanol–water partition coefficient (Wildman–Crippen LogP) is 6.09. The van der Waals surface area contributed by atoms with Crippen LogP contribution in [-0.4, -0.2) is 27.3 Å². The Labute approximate surface area is 200 Å². The van der Waals surface area contributed by atoms with Crippen molar-refractivity contribution in [2.75, 3.05) is 11.9 Å². The Morgan fingerprint density at radius 3 is 2.26 bits per heavy atom. The van der Waals surface area contributed by atoms with E-state index in [2.05, 4.69) is 55.2 Å². The van der Waals surface area contributed by atoms with Gasteiger partial charge in [0.05, 0.1) is 12.3 Å². The molecular formula is C28H30N4O2. The maximum Gasteiger partial charge on any atom is 0.336 e. The van der Waals surface area contributed by atoms with Gasteiger partial charge >= 0.3 is 6.01 Å².